The third-order valence-electron chi connectivity index (χ3n) is 5.75. The van der Waals surface area contributed by atoms with E-state index in [1.54, 1.807) is 0 Å². The van der Waals surface area contributed by atoms with Crippen LogP contribution in [0.15, 0.2) is 30.6 Å². The molecular weight excluding hydrogens is 330 g/mol. The molecule has 140 valence electrons. The average Bonchev–Trinajstić information content (AvgIpc) is 3.11. The molecule has 2 aliphatic rings. The first-order valence-electron chi connectivity index (χ1n) is 9.42. The highest BCUT2D eigenvalue weighted by atomic mass is 16.5. The fourth-order valence-electron chi connectivity index (χ4n) is 4.00. The zero-order chi connectivity index (χ0) is 18.0. The van der Waals surface area contributed by atoms with Gasteiger partial charge in [-0.2, -0.15) is 0 Å². The lowest BCUT2D eigenvalue weighted by atomic mass is 9.78. The molecule has 0 atom stereocenters. The summed E-state index contributed by atoms with van der Waals surface area (Å²) >= 11 is 0. The lowest BCUT2D eigenvalue weighted by Gasteiger charge is -2.42. The van der Waals surface area contributed by atoms with Gasteiger partial charge in [0.25, 0.3) is 0 Å². The van der Waals surface area contributed by atoms with Crippen LogP contribution in [-0.4, -0.2) is 71.0 Å². The summed E-state index contributed by atoms with van der Waals surface area (Å²) < 4.78 is 7.48. The maximum absolute atomic E-state index is 13.0. The van der Waals surface area contributed by atoms with Crippen LogP contribution < -0.4 is 5.73 Å². The van der Waals surface area contributed by atoms with Crippen LogP contribution in [0.2, 0.25) is 0 Å². The molecule has 2 aromatic rings. The maximum atomic E-state index is 13.0. The van der Waals surface area contributed by atoms with Gasteiger partial charge in [0, 0.05) is 64.9 Å². The Labute approximate surface area is 153 Å². The molecule has 2 aliphatic heterocycles. The molecule has 4 rings (SSSR count). The molecule has 2 aromatic heterocycles. The first-order chi connectivity index (χ1) is 12.7. The van der Waals surface area contributed by atoms with Crippen LogP contribution in [0.25, 0.3) is 5.65 Å². The number of imidazole rings is 1. The Morgan fingerprint density at radius 3 is 2.65 bits per heavy atom. The number of amides is 1. The van der Waals surface area contributed by atoms with Gasteiger partial charge in [0.05, 0.1) is 11.1 Å². The van der Waals surface area contributed by atoms with Gasteiger partial charge in [0.15, 0.2) is 0 Å². The van der Waals surface area contributed by atoms with E-state index in [2.05, 4.69) is 16.1 Å². The number of carbonyl (C=O) groups excluding carboxylic acids is 1. The average molecular weight is 357 g/mol. The number of rotatable bonds is 4. The molecule has 0 aliphatic carbocycles. The minimum absolute atomic E-state index is 0.218. The highest BCUT2D eigenvalue weighted by molar-refractivity contribution is 5.83. The van der Waals surface area contributed by atoms with Gasteiger partial charge < -0.3 is 19.8 Å². The minimum Gasteiger partial charge on any atom is -0.381 e. The Hall–Kier alpha value is -1.96. The van der Waals surface area contributed by atoms with Crippen LogP contribution in [0.3, 0.4) is 0 Å². The number of ether oxygens (including phenoxy) is 1. The predicted molar refractivity (Wildman–Crippen MR) is 98.6 cm³/mol. The summed E-state index contributed by atoms with van der Waals surface area (Å²) in [6.45, 7) is 5.76. The molecular formula is C19H27N5O2. The molecule has 0 saturated carbocycles. The molecule has 7 nitrogen and oxygen atoms in total. The lowest BCUT2D eigenvalue weighted by molar-refractivity contribution is -0.149. The van der Waals surface area contributed by atoms with Crippen LogP contribution in [-0.2, 0) is 16.1 Å². The van der Waals surface area contributed by atoms with Crippen LogP contribution in [0.1, 0.15) is 18.5 Å². The van der Waals surface area contributed by atoms with Gasteiger partial charge in [-0.3, -0.25) is 9.69 Å². The van der Waals surface area contributed by atoms with E-state index in [0.717, 1.165) is 56.9 Å². The number of carbonyl (C=O) groups is 1. The first-order valence-corrected chi connectivity index (χ1v) is 9.42. The number of hydrogen-bond donors (Lipinski definition) is 1. The Kier molecular flexibility index (Phi) is 4.93. The van der Waals surface area contributed by atoms with Gasteiger partial charge in [-0.15, -0.1) is 0 Å². The molecule has 2 fully saturated rings. The Bertz CT molecular complexity index is 727. The van der Waals surface area contributed by atoms with Crippen LogP contribution >= 0.6 is 0 Å². The topological polar surface area (TPSA) is 76.1 Å². The quantitative estimate of drug-likeness (QED) is 0.873. The molecule has 0 aromatic carbocycles. The zero-order valence-corrected chi connectivity index (χ0v) is 15.1. The van der Waals surface area contributed by atoms with E-state index in [1.165, 1.54) is 0 Å². The van der Waals surface area contributed by atoms with E-state index in [9.17, 15) is 4.79 Å². The molecule has 0 spiro atoms. The van der Waals surface area contributed by atoms with Gasteiger partial charge in [-0.05, 0) is 25.0 Å². The number of hydrogen-bond acceptors (Lipinski definition) is 5. The molecule has 0 bridgehead atoms. The van der Waals surface area contributed by atoms with Crippen molar-refractivity contribution >= 4 is 11.6 Å². The van der Waals surface area contributed by atoms with Crippen molar-refractivity contribution in [1.29, 1.82) is 0 Å². The molecule has 2 saturated heterocycles. The SMILES string of the molecule is NCC1(C(=O)N2CCN(Cc3cn4ccccc4n3)CC2)CCOCC1. The van der Waals surface area contributed by atoms with E-state index in [-0.39, 0.29) is 5.91 Å². The highest BCUT2D eigenvalue weighted by Crippen LogP contribution is 2.32. The largest absolute Gasteiger partial charge is 0.381 e. The second-order valence-electron chi connectivity index (χ2n) is 7.36. The van der Waals surface area contributed by atoms with E-state index in [0.29, 0.717) is 19.8 Å². The molecule has 0 unspecified atom stereocenters. The van der Waals surface area contributed by atoms with Crippen molar-refractivity contribution in [3.63, 3.8) is 0 Å². The maximum Gasteiger partial charge on any atom is 0.230 e. The molecule has 26 heavy (non-hydrogen) atoms. The van der Waals surface area contributed by atoms with Gasteiger partial charge in [-0.25, -0.2) is 4.98 Å². The van der Waals surface area contributed by atoms with Crippen molar-refractivity contribution in [3.05, 3.63) is 36.3 Å². The smallest absolute Gasteiger partial charge is 0.230 e. The zero-order valence-electron chi connectivity index (χ0n) is 15.1. The summed E-state index contributed by atoms with van der Waals surface area (Å²) in [6.07, 6.45) is 5.58. The van der Waals surface area contributed by atoms with E-state index < -0.39 is 5.41 Å². The van der Waals surface area contributed by atoms with Crippen LogP contribution in [0.4, 0.5) is 0 Å². The summed E-state index contributed by atoms with van der Waals surface area (Å²) in [7, 11) is 0. The van der Waals surface area contributed by atoms with Crippen LogP contribution in [0.5, 0.6) is 0 Å². The summed E-state index contributed by atoms with van der Waals surface area (Å²) in [5.74, 6) is 0.218. The van der Waals surface area contributed by atoms with E-state index in [1.807, 2.05) is 33.7 Å². The Morgan fingerprint density at radius 1 is 1.19 bits per heavy atom. The summed E-state index contributed by atoms with van der Waals surface area (Å²) in [4.78, 5) is 22.1. The summed E-state index contributed by atoms with van der Waals surface area (Å²) in [6, 6.07) is 6.02. The normalized spacial score (nSPS) is 21.2. The molecule has 0 radical (unpaired) electrons. The summed E-state index contributed by atoms with van der Waals surface area (Å²) in [5, 5.41) is 0. The fourth-order valence-corrected chi connectivity index (χ4v) is 4.00. The van der Waals surface area contributed by atoms with Crippen molar-refractivity contribution in [2.75, 3.05) is 45.9 Å². The highest BCUT2D eigenvalue weighted by Gasteiger charge is 2.42. The van der Waals surface area contributed by atoms with Gasteiger partial charge in [-0.1, -0.05) is 6.07 Å². The van der Waals surface area contributed by atoms with Crippen molar-refractivity contribution in [2.24, 2.45) is 11.1 Å². The number of pyridine rings is 1. The Morgan fingerprint density at radius 2 is 1.96 bits per heavy atom. The lowest BCUT2D eigenvalue weighted by Crippen LogP contribution is -2.56. The fraction of sp³-hybridized carbons (Fsp3) is 0.579. The number of piperazine rings is 1. The standard InChI is InChI=1S/C19H27N5O2/c20-15-19(4-11-26-12-5-19)18(25)23-9-7-22(8-10-23)13-16-14-24-6-2-1-3-17(24)21-16/h1-3,6,14H,4-5,7-13,15,20H2. The minimum atomic E-state index is -0.415. The van der Waals surface area contributed by atoms with E-state index >= 15 is 0 Å². The molecule has 2 N–H and O–H groups in total. The monoisotopic (exact) mass is 357 g/mol. The number of fused-ring (bicyclic) bond motifs is 1. The Balaban J connectivity index is 1.35. The van der Waals surface area contributed by atoms with E-state index in [4.69, 9.17) is 10.5 Å². The third kappa shape index (κ3) is 3.34. The van der Waals surface area contributed by atoms with Gasteiger partial charge >= 0.3 is 0 Å². The number of aromatic nitrogens is 2. The van der Waals surface area contributed by atoms with Gasteiger partial charge in [0.2, 0.25) is 5.91 Å². The number of nitrogens with zero attached hydrogens (tertiary/aromatic N) is 4. The van der Waals surface area contributed by atoms with Crippen molar-refractivity contribution < 1.29 is 9.53 Å². The van der Waals surface area contributed by atoms with Crippen molar-refractivity contribution in [3.8, 4) is 0 Å². The van der Waals surface area contributed by atoms with Gasteiger partial charge in [0.1, 0.15) is 5.65 Å². The number of nitrogens with two attached hydrogens (primary N) is 1. The van der Waals surface area contributed by atoms with Crippen molar-refractivity contribution in [2.45, 2.75) is 19.4 Å². The molecule has 7 heteroatoms. The third-order valence-corrected chi connectivity index (χ3v) is 5.75. The first kappa shape index (κ1) is 17.5. The molecule has 4 heterocycles. The summed E-state index contributed by atoms with van der Waals surface area (Å²) in [5.41, 5.74) is 7.61. The second kappa shape index (κ2) is 7.34. The predicted octanol–water partition coefficient (Wildman–Crippen LogP) is 0.734. The van der Waals surface area contributed by atoms with Crippen LogP contribution in [0, 0.1) is 5.41 Å². The molecule has 1 amide bonds. The second-order valence-corrected chi connectivity index (χ2v) is 7.36. The van der Waals surface area contributed by atoms with Crippen molar-refractivity contribution in [1.82, 2.24) is 19.2 Å².